The van der Waals surface area contributed by atoms with Crippen LogP contribution in [0.4, 0.5) is 0 Å². The summed E-state index contributed by atoms with van der Waals surface area (Å²) in [5, 5.41) is 9.49. The number of phenols is 1. The molecule has 0 amide bonds. The number of phenolic OH excluding ortho intramolecular Hbond substituents is 1. The average molecular weight is 326 g/mol. The van der Waals surface area contributed by atoms with Crippen molar-refractivity contribution >= 4 is 0 Å². The van der Waals surface area contributed by atoms with Gasteiger partial charge in [-0.25, -0.2) is 0 Å². The Labute approximate surface area is 144 Å². The topological polar surface area (TPSA) is 38.7 Å². The Hall–Kier alpha value is -2.16. The number of benzene rings is 2. The molecule has 0 fully saturated rings. The van der Waals surface area contributed by atoms with Crippen molar-refractivity contribution in [3.05, 3.63) is 53.1 Å². The fourth-order valence-corrected chi connectivity index (χ4v) is 2.98. The molecule has 1 aliphatic rings. The molecule has 128 valence electrons. The summed E-state index contributed by atoms with van der Waals surface area (Å²) >= 11 is 0. The molecule has 0 saturated heterocycles. The van der Waals surface area contributed by atoms with Crippen molar-refractivity contribution in [2.75, 3.05) is 0 Å². The SMILES string of the molecule is CC(C)(C)c1ccc(C(C)(C)C)c2c1OC(c1ccc(O)cc1)O2. The number of ether oxygens (including phenoxy) is 2. The van der Waals surface area contributed by atoms with E-state index < -0.39 is 6.29 Å². The summed E-state index contributed by atoms with van der Waals surface area (Å²) in [5.74, 6) is 1.92. The molecule has 0 aliphatic carbocycles. The number of hydrogen-bond donors (Lipinski definition) is 1. The van der Waals surface area contributed by atoms with Gasteiger partial charge < -0.3 is 14.6 Å². The summed E-state index contributed by atoms with van der Waals surface area (Å²) < 4.78 is 12.4. The Morgan fingerprint density at radius 3 is 1.50 bits per heavy atom. The van der Waals surface area contributed by atoms with E-state index in [4.69, 9.17) is 9.47 Å². The van der Waals surface area contributed by atoms with Crippen molar-refractivity contribution < 1.29 is 14.6 Å². The van der Waals surface area contributed by atoms with Crippen molar-refractivity contribution in [1.82, 2.24) is 0 Å². The maximum absolute atomic E-state index is 9.49. The third-order valence-electron chi connectivity index (χ3n) is 4.34. The first kappa shape index (κ1) is 16.7. The quantitative estimate of drug-likeness (QED) is 0.756. The van der Waals surface area contributed by atoms with E-state index in [1.165, 1.54) is 0 Å². The molecular formula is C21H26O3. The lowest BCUT2D eigenvalue weighted by atomic mass is 9.81. The van der Waals surface area contributed by atoms with Crippen molar-refractivity contribution in [2.45, 2.75) is 58.7 Å². The molecule has 3 rings (SSSR count). The standard InChI is InChI=1S/C21H26O3/c1-20(2,3)15-11-12-16(21(4,5)6)18-17(15)23-19(24-18)13-7-9-14(22)10-8-13/h7-12,19,22H,1-6H3. The first-order valence-electron chi connectivity index (χ1n) is 8.37. The molecule has 3 nitrogen and oxygen atoms in total. The van der Waals surface area contributed by atoms with Crippen LogP contribution in [0.1, 0.15) is 64.5 Å². The summed E-state index contributed by atoms with van der Waals surface area (Å²) in [6.07, 6.45) is -0.481. The average Bonchev–Trinajstić information content (AvgIpc) is 2.89. The smallest absolute Gasteiger partial charge is 0.268 e. The van der Waals surface area contributed by atoms with Crippen LogP contribution < -0.4 is 9.47 Å². The molecule has 2 aromatic carbocycles. The number of aromatic hydroxyl groups is 1. The van der Waals surface area contributed by atoms with Gasteiger partial charge in [0.1, 0.15) is 5.75 Å². The Bertz CT molecular complexity index is 703. The van der Waals surface area contributed by atoms with Crippen LogP contribution in [0.25, 0.3) is 0 Å². The minimum Gasteiger partial charge on any atom is -0.508 e. The minimum atomic E-state index is -0.481. The molecule has 1 N–H and O–H groups in total. The molecule has 0 saturated carbocycles. The molecular weight excluding hydrogens is 300 g/mol. The molecule has 3 heteroatoms. The van der Waals surface area contributed by atoms with Gasteiger partial charge in [-0.2, -0.15) is 0 Å². The molecule has 0 bridgehead atoms. The first-order valence-corrected chi connectivity index (χ1v) is 8.37. The summed E-state index contributed by atoms with van der Waals surface area (Å²) in [4.78, 5) is 0. The van der Waals surface area contributed by atoms with Gasteiger partial charge in [-0.05, 0) is 35.1 Å². The molecule has 1 aliphatic heterocycles. The van der Waals surface area contributed by atoms with E-state index in [9.17, 15) is 5.11 Å². The third kappa shape index (κ3) is 2.95. The van der Waals surface area contributed by atoms with Crippen LogP contribution in [0.2, 0.25) is 0 Å². The molecule has 0 unspecified atom stereocenters. The Morgan fingerprint density at radius 1 is 0.708 bits per heavy atom. The highest BCUT2D eigenvalue weighted by Crippen LogP contribution is 2.51. The van der Waals surface area contributed by atoms with Crippen molar-refractivity contribution in [2.24, 2.45) is 0 Å². The maximum atomic E-state index is 9.49. The lowest BCUT2D eigenvalue weighted by Gasteiger charge is -2.25. The van der Waals surface area contributed by atoms with Gasteiger partial charge >= 0.3 is 0 Å². The molecule has 0 aromatic heterocycles. The zero-order valence-electron chi connectivity index (χ0n) is 15.3. The second kappa shape index (κ2) is 5.44. The molecule has 2 aromatic rings. The largest absolute Gasteiger partial charge is 0.508 e. The summed E-state index contributed by atoms with van der Waals surface area (Å²) in [6.45, 7) is 13.1. The zero-order chi connectivity index (χ0) is 17.7. The lowest BCUT2D eigenvalue weighted by molar-refractivity contribution is 0.0470. The zero-order valence-corrected chi connectivity index (χ0v) is 15.3. The maximum Gasteiger partial charge on any atom is 0.268 e. The highest BCUT2D eigenvalue weighted by atomic mass is 16.7. The van der Waals surface area contributed by atoms with Gasteiger partial charge in [-0.1, -0.05) is 53.7 Å². The monoisotopic (exact) mass is 326 g/mol. The number of fused-ring (bicyclic) bond motifs is 1. The normalized spacial score (nSPS) is 14.9. The lowest BCUT2D eigenvalue weighted by Crippen LogP contribution is -2.15. The van der Waals surface area contributed by atoms with E-state index in [0.717, 1.165) is 28.2 Å². The van der Waals surface area contributed by atoms with Crippen LogP contribution in [-0.2, 0) is 10.8 Å². The minimum absolute atomic E-state index is 0.0340. The van der Waals surface area contributed by atoms with E-state index in [-0.39, 0.29) is 16.6 Å². The van der Waals surface area contributed by atoms with Crippen LogP contribution in [0.3, 0.4) is 0 Å². The molecule has 24 heavy (non-hydrogen) atoms. The van der Waals surface area contributed by atoms with Gasteiger partial charge in [0.2, 0.25) is 0 Å². The van der Waals surface area contributed by atoms with Crippen LogP contribution in [0.5, 0.6) is 17.2 Å². The van der Waals surface area contributed by atoms with Crippen molar-refractivity contribution in [1.29, 1.82) is 0 Å². The van der Waals surface area contributed by atoms with Gasteiger partial charge in [-0.15, -0.1) is 0 Å². The summed E-state index contributed by atoms with van der Waals surface area (Å²) in [6, 6.07) is 11.3. The Balaban J connectivity index is 2.08. The second-order valence-corrected chi connectivity index (χ2v) is 8.48. The van der Waals surface area contributed by atoms with Crippen LogP contribution in [-0.4, -0.2) is 5.11 Å². The van der Waals surface area contributed by atoms with E-state index in [1.807, 2.05) is 12.1 Å². The number of hydrogen-bond acceptors (Lipinski definition) is 3. The van der Waals surface area contributed by atoms with Crippen LogP contribution in [0.15, 0.2) is 36.4 Å². The van der Waals surface area contributed by atoms with Gasteiger partial charge in [0.15, 0.2) is 11.5 Å². The Morgan fingerprint density at radius 2 is 1.12 bits per heavy atom. The first-order chi connectivity index (χ1) is 11.1. The van der Waals surface area contributed by atoms with Crippen molar-refractivity contribution in [3.63, 3.8) is 0 Å². The van der Waals surface area contributed by atoms with Gasteiger partial charge in [-0.3, -0.25) is 0 Å². The molecule has 1 heterocycles. The highest BCUT2D eigenvalue weighted by Gasteiger charge is 2.36. The van der Waals surface area contributed by atoms with E-state index >= 15 is 0 Å². The van der Waals surface area contributed by atoms with Gasteiger partial charge in [0.25, 0.3) is 6.29 Å². The van der Waals surface area contributed by atoms with E-state index in [2.05, 4.69) is 53.7 Å². The number of rotatable bonds is 1. The van der Waals surface area contributed by atoms with E-state index in [1.54, 1.807) is 12.1 Å². The van der Waals surface area contributed by atoms with Gasteiger partial charge in [0, 0.05) is 16.7 Å². The second-order valence-electron chi connectivity index (χ2n) is 8.48. The third-order valence-corrected chi connectivity index (χ3v) is 4.34. The molecule has 0 radical (unpaired) electrons. The summed E-state index contributed by atoms with van der Waals surface area (Å²) in [5.41, 5.74) is 3.11. The predicted molar refractivity (Wildman–Crippen MR) is 95.9 cm³/mol. The molecule has 0 spiro atoms. The van der Waals surface area contributed by atoms with Crippen LogP contribution >= 0.6 is 0 Å². The van der Waals surface area contributed by atoms with E-state index in [0.29, 0.717) is 0 Å². The molecule has 0 atom stereocenters. The van der Waals surface area contributed by atoms with Gasteiger partial charge in [0.05, 0.1) is 0 Å². The fourth-order valence-electron chi connectivity index (χ4n) is 2.98. The van der Waals surface area contributed by atoms with Crippen LogP contribution in [0, 0.1) is 0 Å². The Kier molecular flexibility index (Phi) is 3.78. The fraction of sp³-hybridized carbons (Fsp3) is 0.429. The van der Waals surface area contributed by atoms with Crippen molar-refractivity contribution in [3.8, 4) is 17.2 Å². The predicted octanol–water partition coefficient (Wildman–Crippen LogP) is 5.46. The highest BCUT2D eigenvalue weighted by molar-refractivity contribution is 5.58. The summed E-state index contributed by atoms with van der Waals surface area (Å²) in [7, 11) is 0.